The van der Waals surface area contributed by atoms with E-state index in [2.05, 4.69) is 42.9 Å². The Morgan fingerprint density at radius 3 is 1.74 bits per heavy atom. The molecule has 1 heterocycles. The van der Waals surface area contributed by atoms with Gasteiger partial charge in [-0.05, 0) is 13.0 Å². The van der Waals surface area contributed by atoms with Crippen molar-refractivity contribution in [1.29, 1.82) is 0 Å². The molecule has 0 bridgehead atoms. The predicted molar refractivity (Wildman–Crippen MR) is 79.6 cm³/mol. The molecule has 0 aromatic carbocycles. The second-order valence-corrected chi connectivity index (χ2v) is 7.58. The second kappa shape index (κ2) is 10.8. The molecule has 0 aliphatic carbocycles. The SMILES string of the molecule is CCCC[n+]1cccc(C)c1.O=S(=O)(O)C(F)(F)F.O=S(=O)([O-])C(F)(F)F. The molecule has 7 nitrogen and oxygen atoms in total. The van der Waals surface area contributed by atoms with Gasteiger partial charge in [-0.2, -0.15) is 34.8 Å². The molecule has 0 fully saturated rings. The number of pyridine rings is 1. The Morgan fingerprint density at radius 1 is 1.07 bits per heavy atom. The number of alkyl halides is 6. The third-order valence-corrected chi connectivity index (χ3v) is 3.50. The molecule has 1 aromatic heterocycles. The first-order valence-electron chi connectivity index (χ1n) is 6.84. The maximum atomic E-state index is 10.7. The number of aromatic nitrogens is 1. The van der Waals surface area contributed by atoms with Crippen molar-refractivity contribution >= 4 is 20.2 Å². The van der Waals surface area contributed by atoms with Crippen molar-refractivity contribution in [1.82, 2.24) is 0 Å². The molecule has 1 N–H and O–H groups in total. The Bertz CT molecular complexity index is 732. The van der Waals surface area contributed by atoms with Crippen molar-refractivity contribution in [2.24, 2.45) is 0 Å². The Hall–Kier alpha value is -1.45. The summed E-state index contributed by atoms with van der Waals surface area (Å²) in [5.41, 5.74) is -9.84. The zero-order chi connectivity index (χ0) is 22.1. The molecule has 0 spiro atoms. The van der Waals surface area contributed by atoms with Crippen LogP contribution in [0.3, 0.4) is 0 Å². The average molecular weight is 449 g/mol. The summed E-state index contributed by atoms with van der Waals surface area (Å²) in [5.74, 6) is 0. The number of halogens is 6. The van der Waals surface area contributed by atoms with E-state index in [0.29, 0.717) is 0 Å². The van der Waals surface area contributed by atoms with Gasteiger partial charge in [0, 0.05) is 18.1 Å². The lowest BCUT2D eigenvalue weighted by molar-refractivity contribution is -0.697. The molecule has 0 aliphatic rings. The molecule has 0 unspecified atom stereocenters. The molecule has 1 aromatic rings. The summed E-state index contributed by atoms with van der Waals surface area (Å²) in [6.45, 7) is 5.50. The number of hydrogen-bond donors (Lipinski definition) is 1. The van der Waals surface area contributed by atoms with Gasteiger partial charge in [0.25, 0.3) is 0 Å². The minimum absolute atomic E-state index is 1.15. The van der Waals surface area contributed by atoms with E-state index in [0.717, 1.165) is 6.54 Å². The van der Waals surface area contributed by atoms with Gasteiger partial charge in [-0.1, -0.05) is 13.3 Å². The van der Waals surface area contributed by atoms with Crippen LogP contribution in [0.25, 0.3) is 0 Å². The van der Waals surface area contributed by atoms with E-state index < -0.39 is 31.3 Å². The average Bonchev–Trinajstić information content (AvgIpc) is 2.42. The number of nitrogens with zero attached hydrogens (tertiary/aromatic N) is 1. The fraction of sp³-hybridized carbons (Fsp3) is 0.583. The first-order chi connectivity index (χ1) is 11.8. The lowest BCUT2D eigenvalue weighted by atomic mass is 10.3. The summed E-state index contributed by atoms with van der Waals surface area (Å²) < 4.78 is 119. The molecule has 1 rings (SSSR count). The third kappa shape index (κ3) is 13.4. The molecule has 0 atom stereocenters. The highest BCUT2D eigenvalue weighted by atomic mass is 32.2. The van der Waals surface area contributed by atoms with Gasteiger partial charge >= 0.3 is 21.1 Å². The first-order valence-corrected chi connectivity index (χ1v) is 9.69. The fourth-order valence-corrected chi connectivity index (χ4v) is 1.13. The normalized spacial score (nSPS) is 12.4. The molecule has 160 valence electrons. The van der Waals surface area contributed by atoms with Crippen LogP contribution in [0, 0.1) is 6.92 Å². The van der Waals surface area contributed by atoms with Gasteiger partial charge in [-0.15, -0.1) is 0 Å². The van der Waals surface area contributed by atoms with Crippen LogP contribution >= 0.6 is 0 Å². The molecular weight excluding hydrogens is 432 g/mol. The molecule has 0 aliphatic heterocycles. The van der Waals surface area contributed by atoms with E-state index in [1.165, 1.54) is 18.4 Å². The van der Waals surface area contributed by atoms with E-state index in [-0.39, 0.29) is 0 Å². The van der Waals surface area contributed by atoms with Gasteiger partial charge in [0.05, 0.1) is 0 Å². The zero-order valence-corrected chi connectivity index (χ0v) is 15.6. The smallest absolute Gasteiger partial charge is 0.522 e. The van der Waals surface area contributed by atoms with E-state index in [4.69, 9.17) is 25.9 Å². The number of aryl methyl sites for hydroxylation is 2. The maximum absolute atomic E-state index is 10.7. The second-order valence-electron chi connectivity index (χ2n) is 4.79. The van der Waals surface area contributed by atoms with Crippen LogP contribution in [-0.4, -0.2) is 37.0 Å². The Morgan fingerprint density at radius 2 is 1.48 bits per heavy atom. The number of unbranched alkanes of at least 4 members (excludes halogenated alkanes) is 1. The van der Waals surface area contributed by atoms with Gasteiger partial charge in [0.2, 0.25) is 0 Å². The van der Waals surface area contributed by atoms with E-state index in [1.807, 2.05) is 0 Å². The van der Waals surface area contributed by atoms with Gasteiger partial charge in [0.15, 0.2) is 22.5 Å². The lowest BCUT2D eigenvalue weighted by Crippen LogP contribution is -2.32. The van der Waals surface area contributed by atoms with Gasteiger partial charge in [-0.3, -0.25) is 4.55 Å². The summed E-state index contributed by atoms with van der Waals surface area (Å²) >= 11 is 0. The van der Waals surface area contributed by atoms with Crippen LogP contribution in [0.2, 0.25) is 0 Å². The van der Waals surface area contributed by atoms with Crippen molar-refractivity contribution in [3.05, 3.63) is 30.1 Å². The topological polar surface area (TPSA) is 115 Å². The van der Waals surface area contributed by atoms with Gasteiger partial charge in [0.1, 0.15) is 6.54 Å². The molecule has 27 heavy (non-hydrogen) atoms. The number of rotatable bonds is 3. The number of hydrogen-bond acceptors (Lipinski definition) is 5. The monoisotopic (exact) mass is 449 g/mol. The van der Waals surface area contributed by atoms with Crippen molar-refractivity contribution in [2.75, 3.05) is 0 Å². The maximum Gasteiger partial charge on any atom is 0.522 e. The van der Waals surface area contributed by atoms with Crippen molar-refractivity contribution in [3.63, 3.8) is 0 Å². The minimum Gasteiger partial charge on any atom is -0.741 e. The van der Waals surface area contributed by atoms with Crippen LogP contribution < -0.4 is 4.57 Å². The van der Waals surface area contributed by atoms with Crippen LogP contribution in [0.5, 0.6) is 0 Å². The highest BCUT2D eigenvalue weighted by Crippen LogP contribution is 2.21. The van der Waals surface area contributed by atoms with E-state index >= 15 is 0 Å². The Balaban J connectivity index is 0. The lowest BCUT2D eigenvalue weighted by Gasteiger charge is -2.08. The predicted octanol–water partition coefficient (Wildman–Crippen LogP) is 2.53. The van der Waals surface area contributed by atoms with Crippen molar-refractivity contribution < 1.29 is 56.9 Å². The van der Waals surface area contributed by atoms with E-state index in [9.17, 15) is 26.3 Å². The van der Waals surface area contributed by atoms with Crippen LogP contribution in [-0.2, 0) is 26.8 Å². The fourth-order valence-electron chi connectivity index (χ4n) is 1.13. The van der Waals surface area contributed by atoms with Crippen LogP contribution in [0.15, 0.2) is 24.5 Å². The Labute approximate surface area is 152 Å². The Kier molecular flexibility index (Phi) is 11.1. The van der Waals surface area contributed by atoms with Crippen LogP contribution in [0.4, 0.5) is 26.3 Å². The molecular formula is C12H17F6NO6S2. The molecule has 15 heteroatoms. The first kappa shape index (κ1) is 27.8. The quantitative estimate of drug-likeness (QED) is 0.328. The third-order valence-electron chi connectivity index (χ3n) is 2.35. The molecule has 0 amide bonds. The highest BCUT2D eigenvalue weighted by molar-refractivity contribution is 7.86. The van der Waals surface area contributed by atoms with Gasteiger partial charge < -0.3 is 4.55 Å². The zero-order valence-electron chi connectivity index (χ0n) is 14.0. The van der Waals surface area contributed by atoms with Crippen molar-refractivity contribution in [3.8, 4) is 0 Å². The molecule has 0 radical (unpaired) electrons. The van der Waals surface area contributed by atoms with E-state index in [1.54, 1.807) is 0 Å². The summed E-state index contributed by atoms with van der Waals surface area (Å²) in [7, 11) is -11.9. The largest absolute Gasteiger partial charge is 0.741 e. The summed E-state index contributed by atoms with van der Waals surface area (Å²) in [6.07, 6.45) is 6.85. The highest BCUT2D eigenvalue weighted by Gasteiger charge is 2.44. The molecule has 0 saturated heterocycles. The van der Waals surface area contributed by atoms with Crippen LogP contribution in [0.1, 0.15) is 25.3 Å². The summed E-state index contributed by atoms with van der Waals surface area (Å²) in [5, 5.41) is 0. The minimum atomic E-state index is -6.09. The van der Waals surface area contributed by atoms with Gasteiger partial charge in [-0.25, -0.2) is 13.0 Å². The molecule has 0 saturated carbocycles. The summed E-state index contributed by atoms with van der Waals surface area (Å²) in [4.78, 5) is 0. The van der Waals surface area contributed by atoms with Crippen molar-refractivity contribution in [2.45, 2.75) is 44.3 Å². The summed E-state index contributed by atoms with van der Waals surface area (Å²) in [6, 6.07) is 4.23. The standard InChI is InChI=1S/C10H16N.2CHF3O3S/c1-3-4-7-11-8-5-6-10(2)9-11;2*2-1(3,4)8(5,6)7/h5-6,8-9H,3-4,7H2,1-2H3;2*(H,5,6,7)/q+1;;/p-1.